The van der Waals surface area contributed by atoms with Gasteiger partial charge in [-0.05, 0) is 46.7 Å². The van der Waals surface area contributed by atoms with Crippen molar-refractivity contribution in [2.24, 2.45) is 0 Å². The predicted molar refractivity (Wildman–Crippen MR) is 153 cm³/mol. The molecule has 3 aromatic carbocycles. The number of hydrogen-bond acceptors (Lipinski definition) is 7. The highest BCUT2D eigenvalue weighted by molar-refractivity contribution is 6.07. The van der Waals surface area contributed by atoms with Crippen molar-refractivity contribution in [1.29, 1.82) is 0 Å². The number of amides is 2. The van der Waals surface area contributed by atoms with E-state index in [0.29, 0.717) is 55.7 Å². The predicted octanol–water partition coefficient (Wildman–Crippen LogP) is 4.16. The van der Waals surface area contributed by atoms with Gasteiger partial charge in [-0.25, -0.2) is 0 Å². The highest BCUT2D eigenvalue weighted by Gasteiger charge is 2.26. The second-order valence-electron chi connectivity index (χ2n) is 10.2. The Bertz CT molecular complexity index is 1490. The monoisotopic (exact) mass is 555 g/mol. The highest BCUT2D eigenvalue weighted by Crippen LogP contribution is 2.33. The van der Waals surface area contributed by atoms with Crippen LogP contribution in [-0.4, -0.2) is 79.2 Å². The maximum absolute atomic E-state index is 14.1. The second kappa shape index (κ2) is 12.4. The van der Waals surface area contributed by atoms with E-state index < -0.39 is 0 Å². The summed E-state index contributed by atoms with van der Waals surface area (Å²) < 4.78 is 22.1. The minimum atomic E-state index is -0.172. The van der Waals surface area contributed by atoms with E-state index in [1.54, 1.807) is 22.1 Å². The van der Waals surface area contributed by atoms with Gasteiger partial charge >= 0.3 is 0 Å². The molecule has 0 N–H and O–H groups in total. The maximum atomic E-state index is 14.1. The van der Waals surface area contributed by atoms with Crippen molar-refractivity contribution in [3.63, 3.8) is 0 Å². The van der Waals surface area contributed by atoms with Crippen LogP contribution < -0.4 is 9.47 Å². The zero-order valence-corrected chi connectivity index (χ0v) is 22.9. The average molecular weight is 556 g/mol. The molecule has 6 rings (SSSR count). The molecule has 9 heteroatoms. The Morgan fingerprint density at radius 3 is 2.51 bits per heavy atom. The van der Waals surface area contributed by atoms with Gasteiger partial charge in [0.2, 0.25) is 12.7 Å². The first kappa shape index (κ1) is 26.9. The zero-order chi connectivity index (χ0) is 28.0. The van der Waals surface area contributed by atoms with E-state index in [9.17, 15) is 9.59 Å². The fourth-order valence-corrected chi connectivity index (χ4v) is 5.27. The van der Waals surface area contributed by atoms with Crippen molar-refractivity contribution in [3.8, 4) is 11.5 Å². The van der Waals surface area contributed by atoms with Gasteiger partial charge in [-0.15, -0.1) is 0 Å². The Labute approximate surface area is 238 Å². The van der Waals surface area contributed by atoms with Crippen LogP contribution in [0.2, 0.25) is 0 Å². The molecule has 41 heavy (non-hydrogen) atoms. The molecule has 0 unspecified atom stereocenters. The van der Waals surface area contributed by atoms with Crippen LogP contribution in [0.3, 0.4) is 0 Å². The zero-order valence-electron chi connectivity index (χ0n) is 22.9. The molecule has 0 aliphatic carbocycles. The van der Waals surface area contributed by atoms with E-state index in [0.717, 1.165) is 29.4 Å². The number of carbonyl (C=O) groups excluding carboxylic acids is 2. The van der Waals surface area contributed by atoms with E-state index in [1.807, 2.05) is 66.7 Å². The van der Waals surface area contributed by atoms with Gasteiger partial charge < -0.3 is 28.4 Å². The van der Waals surface area contributed by atoms with Gasteiger partial charge in [-0.2, -0.15) is 0 Å². The molecular weight excluding hydrogens is 522 g/mol. The summed E-state index contributed by atoms with van der Waals surface area (Å²) in [7, 11) is 0. The van der Waals surface area contributed by atoms with Crippen LogP contribution in [0.4, 0.5) is 0 Å². The van der Waals surface area contributed by atoms with Crippen LogP contribution in [-0.2, 0) is 22.6 Å². The molecule has 2 amide bonds. The summed E-state index contributed by atoms with van der Waals surface area (Å²) >= 11 is 0. The van der Waals surface area contributed by atoms with Crippen molar-refractivity contribution in [2.45, 2.75) is 13.1 Å². The number of carbonyl (C=O) groups is 2. The number of nitrogens with zero attached hydrogens (tertiary/aromatic N) is 3. The van der Waals surface area contributed by atoms with Gasteiger partial charge in [-0.1, -0.05) is 42.5 Å². The molecule has 212 valence electrons. The summed E-state index contributed by atoms with van der Waals surface area (Å²) in [6.07, 6.45) is 1.59. The van der Waals surface area contributed by atoms with E-state index in [2.05, 4.69) is 4.90 Å². The number of morpholine rings is 1. The van der Waals surface area contributed by atoms with Gasteiger partial charge in [0.25, 0.3) is 5.91 Å². The lowest BCUT2D eigenvalue weighted by Crippen LogP contribution is -2.47. The highest BCUT2D eigenvalue weighted by atomic mass is 16.7. The molecule has 1 aromatic heterocycles. The topological polar surface area (TPSA) is 84.7 Å². The van der Waals surface area contributed by atoms with Gasteiger partial charge in [0.15, 0.2) is 11.5 Å². The third-order valence-electron chi connectivity index (χ3n) is 7.51. The first-order valence-corrected chi connectivity index (χ1v) is 13.9. The number of ether oxygens (including phenoxy) is 3. The van der Waals surface area contributed by atoms with Crippen molar-refractivity contribution >= 4 is 22.6 Å². The molecule has 2 aliphatic heterocycles. The SMILES string of the molecule is O=C(CN(CCN1CCOCC1)C(=O)c1cccc2ccccc12)N(Cc1ccc2c(c1)OCO2)Cc1ccco1. The van der Waals surface area contributed by atoms with Crippen molar-refractivity contribution in [3.05, 3.63) is 95.9 Å². The van der Waals surface area contributed by atoms with Gasteiger partial charge in [0.05, 0.1) is 26.0 Å². The molecular formula is C32H33N3O6. The molecule has 0 atom stereocenters. The van der Waals surface area contributed by atoms with Crippen LogP contribution in [0.5, 0.6) is 11.5 Å². The summed E-state index contributed by atoms with van der Waals surface area (Å²) in [6.45, 7) is 4.76. The fourth-order valence-electron chi connectivity index (χ4n) is 5.27. The summed E-state index contributed by atoms with van der Waals surface area (Å²) in [6, 6.07) is 22.9. The Balaban J connectivity index is 1.25. The number of furan rings is 1. The molecule has 0 bridgehead atoms. The number of benzene rings is 3. The van der Waals surface area contributed by atoms with Crippen molar-refractivity contribution < 1.29 is 28.2 Å². The summed E-state index contributed by atoms with van der Waals surface area (Å²) in [5.74, 6) is 1.68. The third kappa shape index (κ3) is 6.37. The summed E-state index contributed by atoms with van der Waals surface area (Å²) in [5, 5.41) is 1.86. The minimum absolute atomic E-state index is 0.0579. The lowest BCUT2D eigenvalue weighted by Gasteiger charge is -2.31. The fraction of sp³-hybridized carbons (Fsp3) is 0.312. The molecule has 3 heterocycles. The first-order valence-electron chi connectivity index (χ1n) is 13.9. The van der Waals surface area contributed by atoms with E-state index in [-0.39, 0.29) is 31.7 Å². The molecule has 2 aliphatic rings. The molecule has 0 saturated carbocycles. The lowest BCUT2D eigenvalue weighted by molar-refractivity contribution is -0.133. The minimum Gasteiger partial charge on any atom is -0.467 e. The van der Waals surface area contributed by atoms with E-state index >= 15 is 0 Å². The number of hydrogen-bond donors (Lipinski definition) is 0. The van der Waals surface area contributed by atoms with E-state index in [1.165, 1.54) is 0 Å². The summed E-state index contributed by atoms with van der Waals surface area (Å²) in [4.78, 5) is 33.7. The smallest absolute Gasteiger partial charge is 0.254 e. The molecule has 4 aromatic rings. The van der Waals surface area contributed by atoms with Crippen LogP contribution in [0.25, 0.3) is 10.8 Å². The normalized spacial score (nSPS) is 14.7. The molecule has 1 fully saturated rings. The second-order valence-corrected chi connectivity index (χ2v) is 10.2. The van der Waals surface area contributed by atoms with Crippen LogP contribution >= 0.6 is 0 Å². The first-order chi connectivity index (χ1) is 20.1. The Kier molecular flexibility index (Phi) is 8.16. The molecule has 0 spiro atoms. The molecule has 1 saturated heterocycles. The Morgan fingerprint density at radius 2 is 1.66 bits per heavy atom. The van der Waals surface area contributed by atoms with Gasteiger partial charge in [0, 0.05) is 38.3 Å². The lowest BCUT2D eigenvalue weighted by atomic mass is 10.0. The Hall–Kier alpha value is -4.34. The standard InChI is InChI=1S/C32H33N3O6/c36-31(35(21-26-7-4-16-39-26)20-24-10-11-29-30(19-24)41-23-40-29)22-34(13-12-33-14-17-38-18-15-33)32(37)28-9-3-6-25-5-1-2-8-27(25)28/h1-11,16,19H,12-15,17-18,20-23H2. The Morgan fingerprint density at radius 1 is 0.829 bits per heavy atom. The quantitative estimate of drug-likeness (QED) is 0.291. The van der Waals surface area contributed by atoms with Gasteiger partial charge in [0.1, 0.15) is 12.3 Å². The van der Waals surface area contributed by atoms with Gasteiger partial charge in [-0.3, -0.25) is 14.5 Å². The van der Waals surface area contributed by atoms with Crippen molar-refractivity contribution in [1.82, 2.24) is 14.7 Å². The summed E-state index contributed by atoms with van der Waals surface area (Å²) in [5.41, 5.74) is 1.49. The van der Waals surface area contributed by atoms with Crippen LogP contribution in [0.15, 0.2) is 83.5 Å². The van der Waals surface area contributed by atoms with Crippen LogP contribution in [0.1, 0.15) is 21.7 Å². The average Bonchev–Trinajstić information content (AvgIpc) is 3.71. The van der Waals surface area contributed by atoms with Crippen molar-refractivity contribution in [2.75, 3.05) is 52.7 Å². The maximum Gasteiger partial charge on any atom is 0.254 e. The largest absolute Gasteiger partial charge is 0.467 e. The van der Waals surface area contributed by atoms with E-state index in [4.69, 9.17) is 18.6 Å². The third-order valence-corrected chi connectivity index (χ3v) is 7.51. The number of fused-ring (bicyclic) bond motifs is 2. The van der Waals surface area contributed by atoms with Crippen LogP contribution in [0, 0.1) is 0 Å². The molecule has 0 radical (unpaired) electrons. The molecule has 9 nitrogen and oxygen atoms in total. The number of rotatable bonds is 10.